The van der Waals surface area contributed by atoms with Gasteiger partial charge in [-0.15, -0.1) is 0 Å². The number of carbonyl (C=O) groups is 1. The number of amides is 1. The number of aromatic nitrogens is 2. The van der Waals surface area contributed by atoms with Gasteiger partial charge in [0.05, 0.1) is 5.69 Å². The first-order valence-electron chi connectivity index (χ1n) is 9.17. The molecule has 7 nitrogen and oxygen atoms in total. The lowest BCUT2D eigenvalue weighted by molar-refractivity contribution is -0.105. The van der Waals surface area contributed by atoms with Crippen molar-refractivity contribution in [3.63, 3.8) is 0 Å². The molecule has 2 heterocycles. The smallest absolute Gasteiger partial charge is 0.229 e. The van der Waals surface area contributed by atoms with Crippen LogP contribution in [0.4, 0.5) is 23.1 Å². The fraction of sp³-hybridized carbons (Fsp3) is 0.421. The maximum atomic E-state index is 10.9. The molecule has 1 fully saturated rings. The first kappa shape index (κ1) is 18.1. The largest absolute Gasteiger partial charge is 0.369 e. The van der Waals surface area contributed by atoms with Crippen LogP contribution in [-0.4, -0.2) is 42.6 Å². The van der Waals surface area contributed by atoms with Gasteiger partial charge in [-0.3, -0.25) is 4.79 Å². The van der Waals surface area contributed by atoms with Crippen LogP contribution >= 0.6 is 0 Å². The average molecular weight is 354 g/mol. The predicted octanol–water partition coefficient (Wildman–Crippen LogP) is 2.32. The molecular weight excluding hydrogens is 328 g/mol. The summed E-state index contributed by atoms with van der Waals surface area (Å²) in [4.78, 5) is 22.3. The van der Waals surface area contributed by atoms with E-state index in [0.717, 1.165) is 56.0 Å². The minimum Gasteiger partial charge on any atom is -0.369 e. The van der Waals surface area contributed by atoms with Crippen LogP contribution in [0.5, 0.6) is 0 Å². The van der Waals surface area contributed by atoms with Crippen LogP contribution in [0.2, 0.25) is 0 Å². The third-order valence-corrected chi connectivity index (χ3v) is 4.58. The van der Waals surface area contributed by atoms with Crippen LogP contribution in [0.15, 0.2) is 24.3 Å². The van der Waals surface area contributed by atoms with E-state index in [1.54, 1.807) is 0 Å². The Morgan fingerprint density at radius 3 is 2.46 bits per heavy atom. The highest BCUT2D eigenvalue weighted by Gasteiger charge is 2.13. The zero-order chi connectivity index (χ0) is 18.4. The summed E-state index contributed by atoms with van der Waals surface area (Å²) in [7, 11) is 0. The lowest BCUT2D eigenvalue weighted by Gasteiger charge is -2.29. The Balaban J connectivity index is 1.79. The maximum Gasteiger partial charge on any atom is 0.229 e. The van der Waals surface area contributed by atoms with E-state index in [0.29, 0.717) is 18.2 Å². The van der Waals surface area contributed by atoms with E-state index in [2.05, 4.69) is 49.9 Å². The van der Waals surface area contributed by atoms with Crippen LogP contribution in [0.1, 0.15) is 25.1 Å². The molecule has 0 bridgehead atoms. The predicted molar refractivity (Wildman–Crippen MR) is 105 cm³/mol. The Labute approximate surface area is 154 Å². The summed E-state index contributed by atoms with van der Waals surface area (Å²) < 4.78 is 0. The van der Waals surface area contributed by atoms with E-state index < -0.39 is 0 Å². The second kappa shape index (κ2) is 8.62. The number of rotatable bonds is 7. The van der Waals surface area contributed by atoms with Crippen LogP contribution in [0.3, 0.4) is 0 Å². The van der Waals surface area contributed by atoms with Gasteiger partial charge in [0.2, 0.25) is 12.4 Å². The van der Waals surface area contributed by atoms with Crippen molar-refractivity contribution in [1.82, 2.24) is 15.3 Å². The molecule has 1 saturated heterocycles. The summed E-state index contributed by atoms with van der Waals surface area (Å²) in [6.45, 7) is 8.17. The molecule has 0 aliphatic carbocycles. The average Bonchev–Trinajstić information content (AvgIpc) is 2.69. The van der Waals surface area contributed by atoms with Crippen LogP contribution in [0, 0.1) is 0 Å². The van der Waals surface area contributed by atoms with E-state index in [-0.39, 0.29) is 0 Å². The molecular formula is C19H26N6O. The molecule has 138 valence electrons. The third kappa shape index (κ3) is 4.11. The molecule has 0 unspecified atom stereocenters. The first-order chi connectivity index (χ1) is 12.7. The van der Waals surface area contributed by atoms with Crippen LogP contribution in [-0.2, 0) is 17.6 Å². The Morgan fingerprint density at radius 1 is 1.12 bits per heavy atom. The van der Waals surface area contributed by atoms with Gasteiger partial charge >= 0.3 is 0 Å². The normalized spacial score (nSPS) is 14.2. The molecule has 2 aromatic rings. The molecule has 0 atom stereocenters. The number of nitrogens with one attached hydrogen (secondary N) is 3. The number of anilines is 4. The van der Waals surface area contributed by atoms with Crippen LogP contribution in [0.25, 0.3) is 0 Å². The van der Waals surface area contributed by atoms with Crippen LogP contribution < -0.4 is 20.9 Å². The van der Waals surface area contributed by atoms with Crippen molar-refractivity contribution >= 4 is 29.6 Å². The van der Waals surface area contributed by atoms with Gasteiger partial charge in [0.15, 0.2) is 0 Å². The molecule has 26 heavy (non-hydrogen) atoms. The Bertz CT molecular complexity index is 740. The van der Waals surface area contributed by atoms with E-state index in [1.807, 2.05) is 19.1 Å². The van der Waals surface area contributed by atoms with E-state index in [9.17, 15) is 4.79 Å². The fourth-order valence-electron chi connectivity index (χ4n) is 3.23. The third-order valence-electron chi connectivity index (χ3n) is 4.58. The van der Waals surface area contributed by atoms with Gasteiger partial charge in [0, 0.05) is 43.1 Å². The number of hydrogen-bond acceptors (Lipinski definition) is 6. The van der Waals surface area contributed by atoms with Crippen molar-refractivity contribution in [1.29, 1.82) is 0 Å². The maximum absolute atomic E-state index is 10.9. The number of aryl methyl sites for hydroxylation is 1. The Hall–Kier alpha value is -2.67. The Kier molecular flexibility index (Phi) is 6.01. The minimum atomic E-state index is 0.498. The van der Waals surface area contributed by atoms with Gasteiger partial charge in [-0.25, -0.2) is 4.98 Å². The second-order valence-corrected chi connectivity index (χ2v) is 6.20. The summed E-state index contributed by atoms with van der Waals surface area (Å²) in [6, 6.07) is 8.29. The van der Waals surface area contributed by atoms with Crippen molar-refractivity contribution in [3.05, 3.63) is 35.5 Å². The highest BCUT2D eigenvalue weighted by molar-refractivity contribution is 5.72. The molecule has 3 N–H and O–H groups in total. The van der Waals surface area contributed by atoms with Crippen molar-refractivity contribution in [2.24, 2.45) is 0 Å². The molecule has 1 aliphatic heterocycles. The van der Waals surface area contributed by atoms with Gasteiger partial charge in [0.1, 0.15) is 5.82 Å². The fourth-order valence-corrected chi connectivity index (χ4v) is 3.23. The standard InChI is InChI=1S/C19H26N6O/c1-3-16-17(4-2)23-19(24-18(16)21-13-26)22-14-5-7-15(8-6-14)25-11-9-20-10-12-25/h5-8,13,20H,3-4,9-12H2,1-2H3,(H2,21,22,23,24,26). The zero-order valence-electron chi connectivity index (χ0n) is 15.4. The minimum absolute atomic E-state index is 0.498. The lowest BCUT2D eigenvalue weighted by atomic mass is 10.1. The molecule has 1 aromatic heterocycles. The molecule has 3 rings (SSSR count). The molecule has 1 aliphatic rings. The summed E-state index contributed by atoms with van der Waals surface area (Å²) in [5.74, 6) is 1.08. The summed E-state index contributed by atoms with van der Waals surface area (Å²) in [5, 5.41) is 9.31. The lowest BCUT2D eigenvalue weighted by Crippen LogP contribution is -2.43. The van der Waals surface area contributed by atoms with Crippen molar-refractivity contribution in [2.75, 3.05) is 41.7 Å². The number of piperazine rings is 1. The van der Waals surface area contributed by atoms with E-state index in [4.69, 9.17) is 0 Å². The summed E-state index contributed by atoms with van der Waals surface area (Å²) in [6.07, 6.45) is 2.22. The Morgan fingerprint density at radius 2 is 1.85 bits per heavy atom. The number of benzene rings is 1. The van der Waals surface area contributed by atoms with Crippen molar-refractivity contribution < 1.29 is 4.79 Å². The van der Waals surface area contributed by atoms with E-state index in [1.165, 1.54) is 5.69 Å². The van der Waals surface area contributed by atoms with Crippen molar-refractivity contribution in [3.8, 4) is 0 Å². The quantitative estimate of drug-likeness (QED) is 0.662. The first-order valence-corrected chi connectivity index (χ1v) is 9.17. The summed E-state index contributed by atoms with van der Waals surface area (Å²) in [5.41, 5.74) is 4.08. The number of nitrogens with zero attached hydrogens (tertiary/aromatic N) is 3. The molecule has 0 radical (unpaired) electrons. The van der Waals surface area contributed by atoms with Gasteiger partial charge in [-0.2, -0.15) is 4.98 Å². The van der Waals surface area contributed by atoms with E-state index >= 15 is 0 Å². The zero-order valence-corrected chi connectivity index (χ0v) is 15.4. The molecule has 7 heteroatoms. The van der Waals surface area contributed by atoms with Gasteiger partial charge in [-0.05, 0) is 37.1 Å². The molecule has 1 aromatic carbocycles. The highest BCUT2D eigenvalue weighted by Crippen LogP contribution is 2.24. The number of carbonyl (C=O) groups excluding carboxylic acids is 1. The highest BCUT2D eigenvalue weighted by atomic mass is 16.1. The summed E-state index contributed by atoms with van der Waals surface area (Å²) >= 11 is 0. The topological polar surface area (TPSA) is 82.2 Å². The van der Waals surface area contributed by atoms with Crippen molar-refractivity contribution in [2.45, 2.75) is 26.7 Å². The molecule has 1 amide bonds. The van der Waals surface area contributed by atoms with Gasteiger partial charge in [-0.1, -0.05) is 13.8 Å². The molecule has 0 saturated carbocycles. The van der Waals surface area contributed by atoms with Gasteiger partial charge in [0.25, 0.3) is 0 Å². The second-order valence-electron chi connectivity index (χ2n) is 6.20. The molecule has 0 spiro atoms. The SMILES string of the molecule is CCc1nc(Nc2ccc(N3CCNCC3)cc2)nc(NC=O)c1CC. The van der Waals surface area contributed by atoms with Gasteiger partial charge < -0.3 is 20.9 Å². The monoisotopic (exact) mass is 354 g/mol. The number of hydrogen-bond donors (Lipinski definition) is 3.